The first-order valence-corrected chi connectivity index (χ1v) is 7.11. The third-order valence-corrected chi connectivity index (χ3v) is 3.58. The standard InChI is InChI=1S/C15H15N5O3/c1-23-15(22)12-4-3-11-5-8-19(14(21)13(11)9-12)6-2-7-20-10-16-17-18-20/h3-5,8-10H,2,6-7H2,1H3. The molecule has 0 saturated heterocycles. The van der Waals surface area contributed by atoms with E-state index in [9.17, 15) is 9.59 Å². The van der Waals surface area contributed by atoms with E-state index in [1.165, 1.54) is 13.4 Å². The number of aromatic nitrogens is 5. The average Bonchev–Trinajstić information content (AvgIpc) is 3.09. The van der Waals surface area contributed by atoms with E-state index in [2.05, 4.69) is 15.5 Å². The van der Waals surface area contributed by atoms with Crippen LogP contribution in [0.5, 0.6) is 0 Å². The molecule has 1 aromatic carbocycles. The number of nitrogens with zero attached hydrogens (tertiary/aromatic N) is 5. The van der Waals surface area contributed by atoms with Crippen molar-refractivity contribution in [1.29, 1.82) is 0 Å². The molecule has 2 heterocycles. The number of esters is 1. The Hall–Kier alpha value is -3.03. The Kier molecular flexibility index (Phi) is 4.13. The summed E-state index contributed by atoms with van der Waals surface area (Å²) in [5.74, 6) is -0.458. The minimum atomic E-state index is -0.458. The Labute approximate surface area is 131 Å². The SMILES string of the molecule is COC(=O)c1ccc2ccn(CCCn3cnnn3)c(=O)c2c1. The van der Waals surface area contributed by atoms with Gasteiger partial charge in [-0.05, 0) is 40.4 Å². The van der Waals surface area contributed by atoms with Crippen molar-refractivity contribution >= 4 is 16.7 Å². The number of ether oxygens (including phenoxy) is 1. The Bertz CT molecular complexity index is 886. The highest BCUT2D eigenvalue weighted by Gasteiger charge is 2.09. The van der Waals surface area contributed by atoms with E-state index < -0.39 is 5.97 Å². The van der Waals surface area contributed by atoms with E-state index in [0.717, 1.165) is 5.39 Å². The fourth-order valence-electron chi connectivity index (χ4n) is 2.39. The van der Waals surface area contributed by atoms with E-state index in [1.807, 2.05) is 6.07 Å². The maximum absolute atomic E-state index is 12.5. The number of fused-ring (bicyclic) bond motifs is 1. The summed E-state index contributed by atoms with van der Waals surface area (Å²) in [4.78, 5) is 24.2. The van der Waals surface area contributed by atoms with E-state index in [4.69, 9.17) is 4.74 Å². The zero-order valence-electron chi connectivity index (χ0n) is 12.5. The van der Waals surface area contributed by atoms with E-state index in [-0.39, 0.29) is 5.56 Å². The Morgan fingerprint density at radius 2 is 2.13 bits per heavy atom. The van der Waals surface area contributed by atoms with Crippen LogP contribution in [0.1, 0.15) is 16.8 Å². The summed E-state index contributed by atoms with van der Waals surface area (Å²) in [6, 6.07) is 6.82. The van der Waals surface area contributed by atoms with Gasteiger partial charge < -0.3 is 9.30 Å². The molecule has 0 radical (unpaired) electrons. The molecule has 0 aliphatic heterocycles. The van der Waals surface area contributed by atoms with Gasteiger partial charge in [0.1, 0.15) is 6.33 Å². The number of tetrazole rings is 1. The Morgan fingerprint density at radius 1 is 1.26 bits per heavy atom. The molecule has 23 heavy (non-hydrogen) atoms. The minimum Gasteiger partial charge on any atom is -0.465 e. The number of methoxy groups -OCH3 is 1. The molecule has 0 N–H and O–H groups in total. The number of aryl methyl sites for hydroxylation is 2. The lowest BCUT2D eigenvalue weighted by atomic mass is 10.1. The second-order valence-electron chi connectivity index (χ2n) is 5.03. The van der Waals surface area contributed by atoms with E-state index in [1.54, 1.807) is 33.6 Å². The van der Waals surface area contributed by atoms with Crippen molar-refractivity contribution in [2.75, 3.05) is 7.11 Å². The number of carbonyl (C=O) groups is 1. The number of pyridine rings is 1. The van der Waals surface area contributed by atoms with Crippen LogP contribution >= 0.6 is 0 Å². The van der Waals surface area contributed by atoms with Gasteiger partial charge in [0, 0.05) is 24.7 Å². The molecule has 0 atom stereocenters. The molecule has 8 nitrogen and oxygen atoms in total. The monoisotopic (exact) mass is 313 g/mol. The molecule has 0 saturated carbocycles. The number of hydrogen-bond donors (Lipinski definition) is 0. The number of rotatable bonds is 5. The summed E-state index contributed by atoms with van der Waals surface area (Å²) in [5, 5.41) is 12.2. The summed E-state index contributed by atoms with van der Waals surface area (Å²) in [6.45, 7) is 1.16. The van der Waals surface area contributed by atoms with E-state index >= 15 is 0 Å². The second kappa shape index (κ2) is 6.39. The Morgan fingerprint density at radius 3 is 2.87 bits per heavy atom. The van der Waals surface area contributed by atoms with Crippen molar-refractivity contribution < 1.29 is 9.53 Å². The summed E-state index contributed by atoms with van der Waals surface area (Å²) >= 11 is 0. The second-order valence-corrected chi connectivity index (χ2v) is 5.03. The number of hydrogen-bond acceptors (Lipinski definition) is 6. The highest BCUT2D eigenvalue weighted by Crippen LogP contribution is 2.13. The van der Waals surface area contributed by atoms with Crippen LogP contribution < -0.4 is 5.56 Å². The molecular weight excluding hydrogens is 298 g/mol. The van der Waals surface area contributed by atoms with Gasteiger partial charge in [-0.15, -0.1) is 5.10 Å². The first-order chi connectivity index (χ1) is 11.2. The quantitative estimate of drug-likeness (QED) is 0.649. The van der Waals surface area contributed by atoms with Gasteiger partial charge in [-0.25, -0.2) is 9.48 Å². The van der Waals surface area contributed by atoms with Crippen LogP contribution in [0.2, 0.25) is 0 Å². The number of benzene rings is 1. The van der Waals surface area contributed by atoms with Crippen LogP contribution in [0.3, 0.4) is 0 Å². The predicted octanol–water partition coefficient (Wildman–Crippen LogP) is 0.865. The molecule has 0 aliphatic rings. The molecule has 2 aromatic heterocycles. The summed E-state index contributed by atoms with van der Waals surface area (Å²) < 4.78 is 7.92. The molecule has 0 aliphatic carbocycles. The lowest BCUT2D eigenvalue weighted by Crippen LogP contribution is -2.20. The molecule has 8 heteroatoms. The van der Waals surface area contributed by atoms with Crippen LogP contribution in [0.25, 0.3) is 10.8 Å². The Balaban J connectivity index is 1.84. The minimum absolute atomic E-state index is 0.134. The fraction of sp³-hybridized carbons (Fsp3) is 0.267. The molecule has 0 spiro atoms. The van der Waals surface area contributed by atoms with Crippen molar-refractivity contribution in [2.24, 2.45) is 0 Å². The van der Waals surface area contributed by atoms with Gasteiger partial charge >= 0.3 is 5.97 Å². The summed E-state index contributed by atoms with van der Waals surface area (Å²) in [6.07, 6.45) is 4.00. The van der Waals surface area contributed by atoms with Gasteiger partial charge in [-0.2, -0.15) is 0 Å². The third kappa shape index (κ3) is 3.10. The molecule has 0 unspecified atom stereocenters. The molecule has 0 fully saturated rings. The van der Waals surface area contributed by atoms with Crippen LogP contribution in [0.4, 0.5) is 0 Å². The molecule has 3 aromatic rings. The first kappa shape index (κ1) is 14.9. The fourth-order valence-corrected chi connectivity index (χ4v) is 2.39. The van der Waals surface area contributed by atoms with Crippen LogP contribution in [0.15, 0.2) is 41.6 Å². The van der Waals surface area contributed by atoms with Gasteiger partial charge in [0.25, 0.3) is 5.56 Å². The average molecular weight is 313 g/mol. The lowest BCUT2D eigenvalue weighted by Gasteiger charge is -2.08. The van der Waals surface area contributed by atoms with Crippen molar-refractivity contribution in [3.05, 3.63) is 52.7 Å². The van der Waals surface area contributed by atoms with Crippen LogP contribution in [0, 0.1) is 0 Å². The summed E-state index contributed by atoms with van der Waals surface area (Å²) in [7, 11) is 1.31. The van der Waals surface area contributed by atoms with Gasteiger partial charge in [0.15, 0.2) is 0 Å². The van der Waals surface area contributed by atoms with Gasteiger partial charge in [0.2, 0.25) is 0 Å². The zero-order chi connectivity index (χ0) is 16.2. The topological polar surface area (TPSA) is 91.9 Å². The third-order valence-electron chi connectivity index (χ3n) is 3.58. The normalized spacial score (nSPS) is 10.8. The lowest BCUT2D eigenvalue weighted by molar-refractivity contribution is 0.0601. The van der Waals surface area contributed by atoms with Gasteiger partial charge in [-0.3, -0.25) is 4.79 Å². The predicted molar refractivity (Wildman–Crippen MR) is 82.0 cm³/mol. The first-order valence-electron chi connectivity index (χ1n) is 7.11. The smallest absolute Gasteiger partial charge is 0.337 e. The van der Waals surface area contributed by atoms with Crippen LogP contribution in [-0.4, -0.2) is 37.9 Å². The molecule has 3 rings (SSSR count). The number of carbonyl (C=O) groups excluding carboxylic acids is 1. The van der Waals surface area contributed by atoms with Crippen molar-refractivity contribution in [3.63, 3.8) is 0 Å². The van der Waals surface area contributed by atoms with Crippen molar-refractivity contribution in [1.82, 2.24) is 24.8 Å². The maximum atomic E-state index is 12.5. The van der Waals surface area contributed by atoms with Crippen LogP contribution in [-0.2, 0) is 17.8 Å². The van der Waals surface area contributed by atoms with Crippen molar-refractivity contribution in [2.45, 2.75) is 19.5 Å². The van der Waals surface area contributed by atoms with Crippen molar-refractivity contribution in [3.8, 4) is 0 Å². The highest BCUT2D eigenvalue weighted by atomic mass is 16.5. The van der Waals surface area contributed by atoms with Gasteiger partial charge in [0.05, 0.1) is 12.7 Å². The molecule has 0 bridgehead atoms. The zero-order valence-corrected chi connectivity index (χ0v) is 12.5. The summed E-state index contributed by atoms with van der Waals surface area (Å²) in [5.41, 5.74) is 0.230. The van der Waals surface area contributed by atoms with Gasteiger partial charge in [-0.1, -0.05) is 6.07 Å². The molecule has 0 amide bonds. The largest absolute Gasteiger partial charge is 0.465 e. The van der Waals surface area contributed by atoms with E-state index in [0.29, 0.717) is 30.5 Å². The highest BCUT2D eigenvalue weighted by molar-refractivity contribution is 5.95. The molecule has 118 valence electrons. The molecular formula is C15H15N5O3. The maximum Gasteiger partial charge on any atom is 0.337 e.